The van der Waals surface area contributed by atoms with E-state index >= 15 is 0 Å². The van der Waals surface area contributed by atoms with Gasteiger partial charge in [-0.1, -0.05) is 29.3 Å². The molecule has 112 valence electrons. The summed E-state index contributed by atoms with van der Waals surface area (Å²) < 4.78 is 7.68. The molecule has 2 aromatic rings. The standard InChI is InChI=1S/C15H17Cl2N3O/c16-12-5-4-11-13(3-1-10-21-15(11)14(12)17)18-7-9-20-8-2-6-19-20/h2,4-6,8,13,18H,1,3,7,9-10H2. The summed E-state index contributed by atoms with van der Waals surface area (Å²) in [4.78, 5) is 0. The number of halogens is 2. The van der Waals surface area contributed by atoms with Crippen LogP contribution in [0.4, 0.5) is 0 Å². The van der Waals surface area contributed by atoms with E-state index in [1.54, 1.807) is 6.20 Å². The summed E-state index contributed by atoms with van der Waals surface area (Å²) in [7, 11) is 0. The van der Waals surface area contributed by atoms with Crippen molar-refractivity contribution in [1.29, 1.82) is 0 Å². The van der Waals surface area contributed by atoms with Gasteiger partial charge in [-0.15, -0.1) is 0 Å². The molecule has 0 aliphatic carbocycles. The van der Waals surface area contributed by atoms with Crippen LogP contribution in [0, 0.1) is 0 Å². The Morgan fingerprint density at radius 2 is 2.29 bits per heavy atom. The lowest BCUT2D eigenvalue weighted by Gasteiger charge is -2.19. The SMILES string of the molecule is Clc1ccc2c(c1Cl)OCCCC2NCCn1cccn1. The van der Waals surface area contributed by atoms with Crippen molar-refractivity contribution >= 4 is 23.2 Å². The van der Waals surface area contributed by atoms with Gasteiger partial charge in [0.15, 0.2) is 0 Å². The molecule has 0 fully saturated rings. The smallest absolute Gasteiger partial charge is 0.144 e. The summed E-state index contributed by atoms with van der Waals surface area (Å²) >= 11 is 12.3. The molecule has 0 radical (unpaired) electrons. The Labute approximate surface area is 134 Å². The van der Waals surface area contributed by atoms with Gasteiger partial charge in [0.1, 0.15) is 10.8 Å². The van der Waals surface area contributed by atoms with Crippen molar-refractivity contribution in [2.75, 3.05) is 13.2 Å². The minimum Gasteiger partial charge on any atom is -0.492 e. The summed E-state index contributed by atoms with van der Waals surface area (Å²) in [6, 6.07) is 5.99. The molecule has 1 aromatic heterocycles. The van der Waals surface area contributed by atoms with E-state index in [1.165, 1.54) is 0 Å². The van der Waals surface area contributed by atoms with Gasteiger partial charge in [-0.05, 0) is 25.0 Å². The van der Waals surface area contributed by atoms with E-state index in [2.05, 4.69) is 10.4 Å². The summed E-state index contributed by atoms with van der Waals surface area (Å²) in [5.41, 5.74) is 1.09. The van der Waals surface area contributed by atoms with E-state index in [0.29, 0.717) is 16.7 Å². The van der Waals surface area contributed by atoms with E-state index in [0.717, 1.165) is 37.2 Å². The monoisotopic (exact) mass is 325 g/mol. The van der Waals surface area contributed by atoms with Crippen molar-refractivity contribution < 1.29 is 4.74 Å². The highest BCUT2D eigenvalue weighted by molar-refractivity contribution is 6.43. The Bertz CT molecular complexity index is 601. The first-order valence-electron chi connectivity index (χ1n) is 7.07. The lowest BCUT2D eigenvalue weighted by atomic mass is 10.0. The number of nitrogens with zero attached hydrogens (tertiary/aromatic N) is 2. The van der Waals surface area contributed by atoms with Crippen LogP contribution in [0.2, 0.25) is 10.0 Å². The van der Waals surface area contributed by atoms with Gasteiger partial charge < -0.3 is 10.1 Å². The normalized spacial score (nSPS) is 17.9. The lowest BCUT2D eigenvalue weighted by molar-refractivity contribution is 0.315. The summed E-state index contributed by atoms with van der Waals surface area (Å²) in [6.45, 7) is 2.34. The van der Waals surface area contributed by atoms with Crippen LogP contribution < -0.4 is 10.1 Å². The molecule has 1 unspecified atom stereocenters. The molecule has 0 spiro atoms. The average molecular weight is 326 g/mol. The maximum absolute atomic E-state index is 6.27. The predicted molar refractivity (Wildman–Crippen MR) is 84.2 cm³/mol. The van der Waals surface area contributed by atoms with Crippen LogP contribution in [-0.4, -0.2) is 22.9 Å². The summed E-state index contributed by atoms with van der Waals surface area (Å²) in [6.07, 6.45) is 5.76. The summed E-state index contributed by atoms with van der Waals surface area (Å²) in [5.74, 6) is 0.721. The number of aromatic nitrogens is 2. The molecule has 0 saturated carbocycles. The zero-order valence-electron chi connectivity index (χ0n) is 11.6. The first kappa shape index (κ1) is 14.7. The predicted octanol–water partition coefficient (Wildman–Crippen LogP) is 3.69. The zero-order chi connectivity index (χ0) is 14.7. The van der Waals surface area contributed by atoms with E-state index in [4.69, 9.17) is 27.9 Å². The van der Waals surface area contributed by atoms with E-state index in [9.17, 15) is 0 Å². The number of hydrogen-bond acceptors (Lipinski definition) is 3. The molecule has 0 amide bonds. The lowest BCUT2D eigenvalue weighted by Crippen LogP contribution is -2.25. The average Bonchev–Trinajstić information content (AvgIpc) is 2.91. The molecular formula is C15H17Cl2N3O. The van der Waals surface area contributed by atoms with E-state index < -0.39 is 0 Å². The zero-order valence-corrected chi connectivity index (χ0v) is 13.1. The molecule has 6 heteroatoms. The first-order valence-corrected chi connectivity index (χ1v) is 7.83. The van der Waals surface area contributed by atoms with Gasteiger partial charge >= 0.3 is 0 Å². The summed E-state index contributed by atoms with van der Waals surface area (Å²) in [5, 5.41) is 8.81. The maximum atomic E-state index is 6.27. The molecule has 21 heavy (non-hydrogen) atoms. The van der Waals surface area contributed by atoms with Crippen LogP contribution in [0.15, 0.2) is 30.6 Å². The third kappa shape index (κ3) is 3.34. The van der Waals surface area contributed by atoms with Crippen molar-refractivity contribution in [2.24, 2.45) is 0 Å². The molecule has 2 heterocycles. The van der Waals surface area contributed by atoms with Gasteiger partial charge in [0.25, 0.3) is 0 Å². The van der Waals surface area contributed by atoms with Crippen LogP contribution in [0.3, 0.4) is 0 Å². The van der Waals surface area contributed by atoms with Crippen LogP contribution in [0.1, 0.15) is 24.4 Å². The van der Waals surface area contributed by atoms with Crippen LogP contribution in [-0.2, 0) is 6.54 Å². The van der Waals surface area contributed by atoms with Gasteiger partial charge in [-0.3, -0.25) is 4.68 Å². The second-order valence-electron chi connectivity index (χ2n) is 5.05. The van der Waals surface area contributed by atoms with Crippen LogP contribution in [0.5, 0.6) is 5.75 Å². The van der Waals surface area contributed by atoms with Gasteiger partial charge in [0.05, 0.1) is 18.2 Å². The topological polar surface area (TPSA) is 39.1 Å². The Morgan fingerprint density at radius 3 is 3.10 bits per heavy atom. The Hall–Kier alpha value is -1.23. The largest absolute Gasteiger partial charge is 0.492 e. The van der Waals surface area contributed by atoms with Crippen molar-refractivity contribution in [2.45, 2.75) is 25.4 Å². The van der Waals surface area contributed by atoms with Crippen LogP contribution in [0.25, 0.3) is 0 Å². The minimum atomic E-state index is 0.229. The van der Waals surface area contributed by atoms with Crippen molar-refractivity contribution in [3.63, 3.8) is 0 Å². The highest BCUT2D eigenvalue weighted by Gasteiger charge is 2.22. The van der Waals surface area contributed by atoms with Crippen molar-refractivity contribution in [3.8, 4) is 5.75 Å². The highest BCUT2D eigenvalue weighted by Crippen LogP contribution is 2.40. The molecule has 1 aliphatic heterocycles. The molecule has 1 atom stereocenters. The fourth-order valence-corrected chi connectivity index (χ4v) is 2.96. The number of fused-ring (bicyclic) bond motifs is 1. The van der Waals surface area contributed by atoms with Gasteiger partial charge in [-0.2, -0.15) is 5.10 Å². The highest BCUT2D eigenvalue weighted by atomic mass is 35.5. The number of hydrogen-bond donors (Lipinski definition) is 1. The molecule has 1 N–H and O–H groups in total. The second kappa shape index (κ2) is 6.69. The fourth-order valence-electron chi connectivity index (χ4n) is 2.58. The fraction of sp³-hybridized carbons (Fsp3) is 0.400. The van der Waals surface area contributed by atoms with Gasteiger partial charge in [0, 0.05) is 30.5 Å². The molecule has 0 bridgehead atoms. The van der Waals surface area contributed by atoms with Gasteiger partial charge in [-0.25, -0.2) is 0 Å². The molecule has 1 aliphatic rings. The Morgan fingerprint density at radius 1 is 1.38 bits per heavy atom. The quantitative estimate of drug-likeness (QED) is 0.931. The van der Waals surface area contributed by atoms with Crippen molar-refractivity contribution in [1.82, 2.24) is 15.1 Å². The maximum Gasteiger partial charge on any atom is 0.144 e. The molecule has 3 rings (SSSR count). The second-order valence-corrected chi connectivity index (χ2v) is 5.83. The molecule has 1 aromatic carbocycles. The number of benzene rings is 1. The first-order chi connectivity index (χ1) is 10.3. The molecule has 0 saturated heterocycles. The minimum absolute atomic E-state index is 0.229. The molecule has 4 nitrogen and oxygen atoms in total. The Balaban J connectivity index is 1.72. The number of rotatable bonds is 4. The molecular weight excluding hydrogens is 309 g/mol. The third-order valence-electron chi connectivity index (χ3n) is 3.63. The Kier molecular flexibility index (Phi) is 4.68. The number of nitrogens with one attached hydrogen (secondary N) is 1. The number of ether oxygens (including phenoxy) is 1. The van der Waals surface area contributed by atoms with E-state index in [1.807, 2.05) is 29.1 Å². The third-order valence-corrected chi connectivity index (χ3v) is 4.42. The van der Waals surface area contributed by atoms with Crippen LogP contribution >= 0.6 is 23.2 Å². The van der Waals surface area contributed by atoms with E-state index in [-0.39, 0.29) is 6.04 Å². The van der Waals surface area contributed by atoms with Gasteiger partial charge in [0.2, 0.25) is 0 Å². The van der Waals surface area contributed by atoms with Crippen molar-refractivity contribution in [3.05, 3.63) is 46.2 Å².